The highest BCUT2D eigenvalue weighted by Gasteiger charge is 2.16. The molecule has 3 nitrogen and oxygen atoms in total. The van der Waals surface area contributed by atoms with Crippen LogP contribution >= 0.6 is 0 Å². The zero-order valence-corrected chi connectivity index (χ0v) is 6.45. The Morgan fingerprint density at radius 1 is 1.45 bits per heavy atom. The minimum atomic E-state index is 0.370. The summed E-state index contributed by atoms with van der Waals surface area (Å²) in [7, 11) is 0. The number of aromatic amines is 1. The van der Waals surface area contributed by atoms with Crippen LogP contribution in [0, 0.1) is 0 Å². The number of hydrogen-bond donors (Lipinski definition) is 1. The summed E-state index contributed by atoms with van der Waals surface area (Å²) >= 11 is 0. The van der Waals surface area contributed by atoms with Gasteiger partial charge in [-0.15, -0.1) is 0 Å². The molecule has 1 aliphatic heterocycles. The van der Waals surface area contributed by atoms with E-state index in [9.17, 15) is 0 Å². The van der Waals surface area contributed by atoms with Crippen molar-refractivity contribution in [3.05, 3.63) is 18.0 Å². The van der Waals surface area contributed by atoms with E-state index in [2.05, 4.69) is 15.5 Å². The van der Waals surface area contributed by atoms with E-state index in [1.54, 1.807) is 0 Å². The van der Waals surface area contributed by atoms with Gasteiger partial charge in [-0.2, -0.15) is 5.10 Å². The zero-order chi connectivity index (χ0) is 7.52. The number of nitrogens with zero attached hydrogens (tertiary/aromatic N) is 2. The molecule has 2 heterocycles. The Morgan fingerprint density at radius 2 is 2.45 bits per heavy atom. The molecule has 1 saturated heterocycles. The van der Waals surface area contributed by atoms with Crippen molar-refractivity contribution in [1.82, 2.24) is 15.5 Å². The summed E-state index contributed by atoms with van der Waals surface area (Å²) in [6, 6.07) is 2.38. The Kier molecular flexibility index (Phi) is 1.90. The highest BCUT2D eigenvalue weighted by molar-refractivity contribution is 5.04. The smallest absolute Gasteiger partial charge is 0.0807 e. The van der Waals surface area contributed by atoms with Gasteiger partial charge in [0.15, 0.2) is 0 Å². The van der Waals surface area contributed by atoms with Crippen LogP contribution in [0.3, 0.4) is 0 Å². The second kappa shape index (κ2) is 3.05. The average Bonchev–Trinajstić information content (AvgIpc) is 2.58. The van der Waals surface area contributed by atoms with Gasteiger partial charge in [-0.25, -0.2) is 5.32 Å². The summed E-state index contributed by atoms with van der Waals surface area (Å²) in [6.07, 6.45) is 5.58. The van der Waals surface area contributed by atoms with Gasteiger partial charge in [0.05, 0.1) is 11.7 Å². The third kappa shape index (κ3) is 1.43. The average molecular weight is 150 g/mol. The van der Waals surface area contributed by atoms with Gasteiger partial charge in [0, 0.05) is 12.7 Å². The van der Waals surface area contributed by atoms with Gasteiger partial charge in [0.25, 0.3) is 0 Å². The minimum absolute atomic E-state index is 0.370. The number of nitrogens with one attached hydrogen (secondary N) is 1. The van der Waals surface area contributed by atoms with Crippen molar-refractivity contribution in [1.29, 1.82) is 0 Å². The van der Waals surface area contributed by atoms with Crippen LogP contribution in [0.1, 0.15) is 31.0 Å². The maximum atomic E-state index is 4.49. The molecule has 0 aliphatic carbocycles. The Morgan fingerprint density at radius 3 is 3.09 bits per heavy atom. The van der Waals surface area contributed by atoms with Crippen molar-refractivity contribution in [2.75, 3.05) is 6.54 Å². The van der Waals surface area contributed by atoms with Crippen molar-refractivity contribution >= 4 is 0 Å². The summed E-state index contributed by atoms with van der Waals surface area (Å²) in [4.78, 5) is 0. The topological polar surface area (TPSA) is 42.8 Å². The first-order valence-electron chi connectivity index (χ1n) is 4.13. The summed E-state index contributed by atoms with van der Waals surface area (Å²) < 4.78 is 0. The second-order valence-corrected chi connectivity index (χ2v) is 2.92. The molecular weight excluding hydrogens is 138 g/mol. The highest BCUT2D eigenvalue weighted by atomic mass is 15.1. The lowest BCUT2D eigenvalue weighted by molar-refractivity contribution is 0.396. The van der Waals surface area contributed by atoms with Crippen molar-refractivity contribution in [2.24, 2.45) is 0 Å². The van der Waals surface area contributed by atoms with Crippen LogP contribution in [0.2, 0.25) is 0 Å². The van der Waals surface area contributed by atoms with E-state index in [-0.39, 0.29) is 0 Å². The molecule has 0 amide bonds. The molecule has 11 heavy (non-hydrogen) atoms. The Balaban J connectivity index is 2.04. The second-order valence-electron chi connectivity index (χ2n) is 2.92. The monoisotopic (exact) mass is 150 g/mol. The maximum Gasteiger partial charge on any atom is 0.0807 e. The standard InChI is InChI=1S/C8H12N3/c1-2-5-9-7(3-1)8-4-6-10-11-8/h4,6-7H,1-3,5H2,(H,10,11). The van der Waals surface area contributed by atoms with Gasteiger partial charge in [-0.3, -0.25) is 5.10 Å². The van der Waals surface area contributed by atoms with Crippen LogP contribution in [-0.2, 0) is 0 Å². The molecule has 1 unspecified atom stereocenters. The fourth-order valence-corrected chi connectivity index (χ4v) is 1.49. The third-order valence-corrected chi connectivity index (χ3v) is 2.10. The SMILES string of the molecule is c1cc(C2CCCC[N]2)n[nH]1. The molecule has 1 aliphatic rings. The maximum absolute atomic E-state index is 4.49. The van der Waals surface area contributed by atoms with Gasteiger partial charge < -0.3 is 0 Å². The first-order valence-corrected chi connectivity index (χ1v) is 4.13. The first-order chi connectivity index (χ1) is 5.47. The molecule has 1 N–H and O–H groups in total. The molecule has 0 bridgehead atoms. The third-order valence-electron chi connectivity index (χ3n) is 2.10. The Hall–Kier alpha value is -0.830. The molecule has 0 aromatic carbocycles. The lowest BCUT2D eigenvalue weighted by Gasteiger charge is -2.19. The zero-order valence-electron chi connectivity index (χ0n) is 6.45. The molecule has 1 aromatic rings. The molecule has 59 valence electrons. The van der Waals surface area contributed by atoms with E-state index in [0.717, 1.165) is 12.2 Å². The van der Waals surface area contributed by atoms with Crippen LogP contribution < -0.4 is 5.32 Å². The number of piperidine rings is 1. The molecule has 0 saturated carbocycles. The summed E-state index contributed by atoms with van der Waals surface area (Å²) in [5.41, 5.74) is 1.10. The van der Waals surface area contributed by atoms with E-state index in [1.807, 2.05) is 12.3 Å². The normalized spacial score (nSPS) is 25.3. The van der Waals surface area contributed by atoms with Crippen LogP contribution in [0.25, 0.3) is 0 Å². The van der Waals surface area contributed by atoms with E-state index in [4.69, 9.17) is 0 Å². The number of aromatic nitrogens is 2. The summed E-state index contributed by atoms with van der Waals surface area (Å²) in [5, 5.41) is 11.4. The molecule has 1 radical (unpaired) electrons. The number of hydrogen-bond acceptors (Lipinski definition) is 1. The predicted octanol–water partition coefficient (Wildman–Crippen LogP) is 1.24. The Bertz CT molecular complexity index is 199. The van der Waals surface area contributed by atoms with Crippen LogP contribution in [-0.4, -0.2) is 16.7 Å². The quantitative estimate of drug-likeness (QED) is 0.643. The largest absolute Gasteiger partial charge is 0.285 e. The molecule has 1 aromatic heterocycles. The number of rotatable bonds is 1. The van der Waals surface area contributed by atoms with E-state index in [1.165, 1.54) is 19.3 Å². The van der Waals surface area contributed by atoms with E-state index >= 15 is 0 Å². The molecule has 2 rings (SSSR count). The lowest BCUT2D eigenvalue weighted by Crippen LogP contribution is -2.20. The molecule has 0 spiro atoms. The molecule has 3 heteroatoms. The van der Waals surface area contributed by atoms with Gasteiger partial charge in [0.2, 0.25) is 0 Å². The van der Waals surface area contributed by atoms with Crippen molar-refractivity contribution < 1.29 is 0 Å². The Labute approximate surface area is 66.2 Å². The molecular formula is C8H12N3. The molecule has 1 atom stereocenters. The fraction of sp³-hybridized carbons (Fsp3) is 0.625. The fourth-order valence-electron chi connectivity index (χ4n) is 1.49. The number of H-pyrrole nitrogens is 1. The van der Waals surface area contributed by atoms with E-state index < -0.39 is 0 Å². The predicted molar refractivity (Wildman–Crippen MR) is 42.2 cm³/mol. The highest BCUT2D eigenvalue weighted by Crippen LogP contribution is 2.21. The molecule has 1 fully saturated rings. The van der Waals surface area contributed by atoms with Gasteiger partial charge >= 0.3 is 0 Å². The van der Waals surface area contributed by atoms with Crippen molar-refractivity contribution in [3.8, 4) is 0 Å². The first kappa shape index (κ1) is 6.85. The summed E-state index contributed by atoms with van der Waals surface area (Å²) in [5.74, 6) is 0. The van der Waals surface area contributed by atoms with Crippen molar-refractivity contribution in [2.45, 2.75) is 25.3 Å². The van der Waals surface area contributed by atoms with Crippen molar-refractivity contribution in [3.63, 3.8) is 0 Å². The lowest BCUT2D eigenvalue weighted by atomic mass is 10.0. The van der Waals surface area contributed by atoms with Crippen LogP contribution in [0.5, 0.6) is 0 Å². The summed E-state index contributed by atoms with van der Waals surface area (Å²) in [6.45, 7) is 1.01. The van der Waals surface area contributed by atoms with Crippen LogP contribution in [0.4, 0.5) is 0 Å². The van der Waals surface area contributed by atoms with Gasteiger partial charge in [-0.05, 0) is 18.9 Å². The van der Waals surface area contributed by atoms with Crippen LogP contribution in [0.15, 0.2) is 12.3 Å². The van der Waals surface area contributed by atoms with Gasteiger partial charge in [0.1, 0.15) is 0 Å². The minimum Gasteiger partial charge on any atom is -0.285 e. The van der Waals surface area contributed by atoms with E-state index in [0.29, 0.717) is 6.04 Å². The van der Waals surface area contributed by atoms with Gasteiger partial charge in [-0.1, -0.05) is 6.42 Å².